The van der Waals surface area contributed by atoms with Crippen LogP contribution in [0, 0.1) is 5.92 Å². The second kappa shape index (κ2) is 10.8. The van der Waals surface area contributed by atoms with Gasteiger partial charge in [-0.2, -0.15) is 0 Å². The Morgan fingerprint density at radius 3 is 2.34 bits per heavy atom. The molecule has 8 heteroatoms. The lowest BCUT2D eigenvalue weighted by Gasteiger charge is -2.15. The predicted molar refractivity (Wildman–Crippen MR) is 127 cm³/mol. The topological polar surface area (TPSA) is 79.8 Å². The van der Waals surface area contributed by atoms with Crippen LogP contribution in [-0.4, -0.2) is 34.3 Å². The van der Waals surface area contributed by atoms with Gasteiger partial charge in [-0.3, -0.25) is 4.99 Å². The monoisotopic (exact) mass is 529 g/mol. The van der Waals surface area contributed by atoms with Gasteiger partial charge in [-0.15, -0.1) is 24.0 Å². The van der Waals surface area contributed by atoms with Gasteiger partial charge in [0.15, 0.2) is 15.8 Å². The smallest absolute Gasteiger partial charge is 0.191 e. The van der Waals surface area contributed by atoms with E-state index in [1.54, 1.807) is 31.3 Å². The second-order valence-corrected chi connectivity index (χ2v) is 9.07. The van der Waals surface area contributed by atoms with E-state index in [0.717, 1.165) is 23.5 Å². The van der Waals surface area contributed by atoms with Crippen molar-refractivity contribution in [1.29, 1.82) is 0 Å². The fourth-order valence-electron chi connectivity index (χ4n) is 2.72. The average molecular weight is 529 g/mol. The maximum atomic E-state index is 11.5. The Morgan fingerprint density at radius 1 is 1.07 bits per heavy atom. The van der Waals surface area contributed by atoms with Gasteiger partial charge in [0.2, 0.25) is 0 Å². The maximum absolute atomic E-state index is 11.5. The lowest BCUT2D eigenvalue weighted by atomic mass is 10.2. The van der Waals surface area contributed by atoms with Crippen LogP contribution < -0.4 is 15.4 Å². The third kappa shape index (κ3) is 7.50. The Kier molecular flexibility index (Phi) is 8.76. The van der Waals surface area contributed by atoms with Gasteiger partial charge in [-0.1, -0.05) is 30.3 Å². The summed E-state index contributed by atoms with van der Waals surface area (Å²) in [5.74, 6) is 2.29. The van der Waals surface area contributed by atoms with Gasteiger partial charge in [0.25, 0.3) is 0 Å². The van der Waals surface area contributed by atoms with Crippen molar-refractivity contribution in [1.82, 2.24) is 10.6 Å². The number of hydrogen-bond acceptors (Lipinski definition) is 4. The molecular weight excluding hydrogens is 501 g/mol. The normalized spacial score (nSPS) is 14.1. The molecule has 2 N–H and O–H groups in total. The molecule has 2 aromatic rings. The average Bonchev–Trinajstić information content (AvgIpc) is 3.51. The first-order chi connectivity index (χ1) is 13.5. The molecule has 158 valence electrons. The molecule has 3 rings (SSSR count). The van der Waals surface area contributed by atoms with Gasteiger partial charge in [-0.25, -0.2) is 8.42 Å². The van der Waals surface area contributed by atoms with Crippen molar-refractivity contribution >= 4 is 39.8 Å². The van der Waals surface area contributed by atoms with Crippen LogP contribution >= 0.6 is 24.0 Å². The summed E-state index contributed by atoms with van der Waals surface area (Å²) in [6.07, 6.45) is 3.74. The van der Waals surface area contributed by atoms with E-state index in [9.17, 15) is 8.42 Å². The van der Waals surface area contributed by atoms with E-state index in [-0.39, 0.29) is 24.0 Å². The van der Waals surface area contributed by atoms with Gasteiger partial charge in [0, 0.05) is 32.0 Å². The number of guanidine groups is 1. The predicted octanol–water partition coefficient (Wildman–Crippen LogP) is 3.36. The molecule has 0 atom stereocenters. The molecule has 0 radical (unpaired) electrons. The molecule has 2 aromatic carbocycles. The van der Waals surface area contributed by atoms with Crippen molar-refractivity contribution in [3.05, 3.63) is 59.7 Å². The van der Waals surface area contributed by atoms with Crippen LogP contribution in [0.3, 0.4) is 0 Å². The fraction of sp³-hybridized carbons (Fsp3) is 0.381. The highest BCUT2D eigenvalue weighted by Crippen LogP contribution is 2.30. The van der Waals surface area contributed by atoms with Crippen LogP contribution in [0.2, 0.25) is 0 Å². The van der Waals surface area contributed by atoms with Crippen LogP contribution in [-0.2, 0) is 22.9 Å². The molecule has 29 heavy (non-hydrogen) atoms. The first kappa shape index (κ1) is 23.5. The van der Waals surface area contributed by atoms with Crippen LogP contribution in [0.1, 0.15) is 24.0 Å². The SMILES string of the molecule is CN=C(NCc1ccc(S(C)(=O)=O)cc1)NCc1ccccc1OCC1CC1.I. The molecule has 1 fully saturated rings. The highest BCUT2D eigenvalue weighted by atomic mass is 127. The van der Waals surface area contributed by atoms with Gasteiger partial charge >= 0.3 is 0 Å². The van der Waals surface area contributed by atoms with E-state index < -0.39 is 9.84 Å². The van der Waals surface area contributed by atoms with Crippen molar-refractivity contribution in [2.75, 3.05) is 19.9 Å². The number of ether oxygens (including phenoxy) is 1. The summed E-state index contributed by atoms with van der Waals surface area (Å²) in [5, 5.41) is 6.54. The van der Waals surface area contributed by atoms with Crippen LogP contribution in [0.4, 0.5) is 0 Å². The van der Waals surface area contributed by atoms with Crippen molar-refractivity contribution < 1.29 is 13.2 Å². The number of rotatable bonds is 8. The minimum Gasteiger partial charge on any atom is -0.493 e. The summed E-state index contributed by atoms with van der Waals surface area (Å²) in [6.45, 7) is 1.94. The van der Waals surface area contributed by atoms with Gasteiger partial charge in [0.05, 0.1) is 11.5 Å². The van der Waals surface area contributed by atoms with Crippen molar-refractivity contribution in [3.63, 3.8) is 0 Å². The van der Waals surface area contributed by atoms with E-state index in [4.69, 9.17) is 4.74 Å². The molecule has 1 saturated carbocycles. The summed E-state index contributed by atoms with van der Waals surface area (Å²) in [4.78, 5) is 4.57. The van der Waals surface area contributed by atoms with Gasteiger partial charge in [0.1, 0.15) is 5.75 Å². The molecule has 0 heterocycles. The molecule has 1 aliphatic carbocycles. The van der Waals surface area contributed by atoms with E-state index in [2.05, 4.69) is 15.6 Å². The highest BCUT2D eigenvalue weighted by Gasteiger charge is 2.22. The first-order valence-corrected chi connectivity index (χ1v) is 11.3. The zero-order valence-electron chi connectivity index (χ0n) is 16.7. The molecular formula is C21H28IN3O3S. The highest BCUT2D eigenvalue weighted by molar-refractivity contribution is 14.0. The largest absolute Gasteiger partial charge is 0.493 e. The molecule has 0 spiro atoms. The molecule has 0 amide bonds. The minimum atomic E-state index is -3.17. The van der Waals surface area contributed by atoms with E-state index in [1.807, 2.05) is 24.3 Å². The molecule has 0 bridgehead atoms. The number of benzene rings is 2. The lowest BCUT2D eigenvalue weighted by Crippen LogP contribution is -2.36. The van der Waals surface area contributed by atoms with E-state index in [1.165, 1.54) is 19.1 Å². The Hall–Kier alpha value is -1.81. The van der Waals surface area contributed by atoms with E-state index >= 15 is 0 Å². The molecule has 0 unspecified atom stereocenters. The second-order valence-electron chi connectivity index (χ2n) is 7.06. The number of nitrogens with zero attached hydrogens (tertiary/aromatic N) is 1. The van der Waals surface area contributed by atoms with E-state index in [0.29, 0.717) is 29.9 Å². The number of aliphatic imine (C=N–C) groups is 1. The van der Waals surface area contributed by atoms with Gasteiger partial charge in [-0.05, 0) is 42.5 Å². The number of nitrogens with one attached hydrogen (secondary N) is 2. The lowest BCUT2D eigenvalue weighted by molar-refractivity contribution is 0.296. The fourth-order valence-corrected chi connectivity index (χ4v) is 3.35. The Balaban J connectivity index is 0.00000300. The molecule has 0 aliphatic heterocycles. The molecule has 1 aliphatic rings. The molecule has 6 nitrogen and oxygen atoms in total. The van der Waals surface area contributed by atoms with Crippen LogP contribution in [0.25, 0.3) is 0 Å². The summed E-state index contributed by atoms with van der Waals surface area (Å²) in [6, 6.07) is 14.9. The van der Waals surface area contributed by atoms with Crippen LogP contribution in [0.5, 0.6) is 5.75 Å². The third-order valence-corrected chi connectivity index (χ3v) is 5.75. The summed E-state index contributed by atoms with van der Waals surface area (Å²) < 4.78 is 29.0. The summed E-state index contributed by atoms with van der Waals surface area (Å²) >= 11 is 0. The summed E-state index contributed by atoms with van der Waals surface area (Å²) in [5.41, 5.74) is 2.06. The van der Waals surface area contributed by atoms with Crippen molar-refractivity contribution in [3.8, 4) is 5.75 Å². The first-order valence-electron chi connectivity index (χ1n) is 9.40. The Bertz CT molecular complexity index is 926. The maximum Gasteiger partial charge on any atom is 0.191 e. The third-order valence-electron chi connectivity index (χ3n) is 4.63. The zero-order chi connectivity index (χ0) is 20.0. The Morgan fingerprint density at radius 2 is 1.72 bits per heavy atom. The molecule has 0 aromatic heterocycles. The number of hydrogen-bond donors (Lipinski definition) is 2. The number of sulfone groups is 1. The Labute approximate surface area is 190 Å². The molecule has 0 saturated heterocycles. The quantitative estimate of drug-likeness (QED) is 0.312. The van der Waals surface area contributed by atoms with Crippen molar-refractivity contribution in [2.45, 2.75) is 30.8 Å². The van der Waals surface area contributed by atoms with Gasteiger partial charge < -0.3 is 15.4 Å². The number of para-hydroxylation sites is 1. The number of halogens is 1. The zero-order valence-corrected chi connectivity index (χ0v) is 19.9. The van der Waals surface area contributed by atoms with Crippen molar-refractivity contribution in [2.24, 2.45) is 10.9 Å². The van der Waals surface area contributed by atoms with Crippen LogP contribution in [0.15, 0.2) is 58.4 Å². The summed E-state index contributed by atoms with van der Waals surface area (Å²) in [7, 11) is -1.45. The minimum absolute atomic E-state index is 0. The standard InChI is InChI=1S/C21H27N3O3S.HI/c1-22-21(23-13-16-9-11-19(12-10-16)28(2,25)26)24-14-18-5-3-4-6-20(18)27-15-17-7-8-17;/h3-6,9-12,17H,7-8,13-15H2,1-2H3,(H2,22,23,24);1H.